The van der Waals surface area contributed by atoms with Crippen molar-refractivity contribution in [3.63, 3.8) is 0 Å². The van der Waals surface area contributed by atoms with E-state index in [0.29, 0.717) is 35.3 Å². The average Bonchev–Trinajstić information content (AvgIpc) is 3.56. The second kappa shape index (κ2) is 15.8. The highest BCUT2D eigenvalue weighted by molar-refractivity contribution is 7.89. The van der Waals surface area contributed by atoms with Crippen molar-refractivity contribution in [2.45, 2.75) is 56.8 Å². The summed E-state index contributed by atoms with van der Waals surface area (Å²) in [6.07, 6.45) is -0.0415. The number of nitrogens with zero attached hydrogens (tertiary/aromatic N) is 3. The second-order valence-corrected chi connectivity index (χ2v) is 14.5. The van der Waals surface area contributed by atoms with E-state index in [1.807, 2.05) is 30.3 Å². The van der Waals surface area contributed by atoms with Gasteiger partial charge in [-0.3, -0.25) is 14.4 Å². The van der Waals surface area contributed by atoms with Gasteiger partial charge in [0, 0.05) is 11.6 Å². The number of nitrogens with one attached hydrogen (secondary N) is 4. The molecule has 15 nitrogen and oxygen atoms in total. The number of ether oxygens (including phenoxy) is 3. The van der Waals surface area contributed by atoms with E-state index >= 15 is 0 Å². The zero-order valence-corrected chi connectivity index (χ0v) is 29.8. The minimum atomic E-state index is -4.26. The van der Waals surface area contributed by atoms with Gasteiger partial charge in [-0.25, -0.2) is 18.1 Å². The van der Waals surface area contributed by atoms with Gasteiger partial charge in [0.25, 0.3) is 0 Å². The molecular formula is C36H41N7O8S. The highest BCUT2D eigenvalue weighted by Crippen LogP contribution is 2.32. The minimum absolute atomic E-state index is 0.0415. The van der Waals surface area contributed by atoms with Gasteiger partial charge in [0.15, 0.2) is 17.3 Å². The third-order valence-electron chi connectivity index (χ3n) is 8.51. The molecule has 0 fully saturated rings. The van der Waals surface area contributed by atoms with Crippen LogP contribution in [0.4, 0.5) is 0 Å². The number of sulfonamides is 1. The first kappa shape index (κ1) is 36.3. The molecule has 16 heteroatoms. The summed E-state index contributed by atoms with van der Waals surface area (Å²) in [5.41, 5.74) is 1.36. The maximum absolute atomic E-state index is 14.0. The number of carbonyl (C=O) groups excluding carboxylic acids is 3. The van der Waals surface area contributed by atoms with Crippen LogP contribution in [0.2, 0.25) is 0 Å². The topological polar surface area (TPSA) is 192 Å². The molecule has 0 unspecified atom stereocenters. The minimum Gasteiger partial charge on any atom is -0.492 e. The molecule has 4 heterocycles. The van der Waals surface area contributed by atoms with Crippen molar-refractivity contribution < 1.29 is 37.0 Å². The Hall–Kier alpha value is -5.48. The Kier molecular flexibility index (Phi) is 11.0. The lowest BCUT2D eigenvalue weighted by molar-refractivity contribution is -0.131. The van der Waals surface area contributed by atoms with Crippen molar-refractivity contribution in [1.82, 2.24) is 35.4 Å². The number of fused-ring (bicyclic) bond motifs is 15. The Labute approximate surface area is 301 Å². The summed E-state index contributed by atoms with van der Waals surface area (Å²) < 4.78 is 48.3. The number of hydrogen-bond acceptors (Lipinski definition) is 10. The zero-order chi connectivity index (χ0) is 36.8. The van der Waals surface area contributed by atoms with E-state index in [-0.39, 0.29) is 49.3 Å². The predicted molar refractivity (Wildman–Crippen MR) is 189 cm³/mol. The molecule has 3 atom stereocenters. The lowest BCUT2D eigenvalue weighted by atomic mass is 10.0. The van der Waals surface area contributed by atoms with Crippen molar-refractivity contribution in [2.24, 2.45) is 5.92 Å². The van der Waals surface area contributed by atoms with Crippen LogP contribution in [0.1, 0.15) is 38.2 Å². The van der Waals surface area contributed by atoms with Crippen molar-refractivity contribution in [3.8, 4) is 28.6 Å². The van der Waals surface area contributed by atoms with Gasteiger partial charge in [0.05, 0.1) is 17.5 Å². The molecule has 3 aliphatic heterocycles. The van der Waals surface area contributed by atoms with Crippen molar-refractivity contribution in [1.29, 1.82) is 0 Å². The molecule has 7 rings (SSSR count). The van der Waals surface area contributed by atoms with E-state index < -0.39 is 45.9 Å². The molecule has 3 amide bonds. The van der Waals surface area contributed by atoms with Gasteiger partial charge in [0.2, 0.25) is 27.7 Å². The van der Waals surface area contributed by atoms with E-state index in [2.05, 4.69) is 30.8 Å². The van der Waals surface area contributed by atoms with E-state index in [1.165, 1.54) is 22.9 Å². The van der Waals surface area contributed by atoms with Crippen LogP contribution in [0.15, 0.2) is 77.7 Å². The SMILES string of the molecule is CC(C)[C@H]1NC(=O)[C@@H](NS(=O)(=O)c2ccc3c(c2)OCCO3)Cc2ccc(cc2)OCCNC(=O)Cn2nc(-c3ccccc3)nc2[C@H](C)NC1=O. The van der Waals surface area contributed by atoms with Crippen LogP contribution >= 0.6 is 0 Å². The molecule has 3 aliphatic rings. The van der Waals surface area contributed by atoms with E-state index in [0.717, 1.165) is 5.56 Å². The average molecular weight is 732 g/mol. The van der Waals surface area contributed by atoms with Crippen molar-refractivity contribution >= 4 is 27.7 Å². The molecule has 0 spiro atoms. The molecule has 274 valence electrons. The molecule has 0 saturated carbocycles. The van der Waals surface area contributed by atoms with E-state index in [1.54, 1.807) is 45.0 Å². The molecule has 1 aromatic heterocycles. The molecule has 52 heavy (non-hydrogen) atoms. The van der Waals surface area contributed by atoms with Crippen molar-refractivity contribution in [3.05, 3.63) is 84.2 Å². The van der Waals surface area contributed by atoms with Gasteiger partial charge >= 0.3 is 0 Å². The van der Waals surface area contributed by atoms with Crippen molar-refractivity contribution in [2.75, 3.05) is 26.4 Å². The van der Waals surface area contributed by atoms with Gasteiger partial charge in [-0.1, -0.05) is 56.3 Å². The van der Waals surface area contributed by atoms with Crippen LogP contribution < -0.4 is 34.9 Å². The summed E-state index contributed by atoms with van der Waals surface area (Å²) in [6.45, 7) is 6.07. The fourth-order valence-electron chi connectivity index (χ4n) is 5.80. The monoisotopic (exact) mass is 731 g/mol. The Bertz CT molecular complexity index is 2020. The highest BCUT2D eigenvalue weighted by Gasteiger charge is 2.33. The summed E-state index contributed by atoms with van der Waals surface area (Å²) in [7, 11) is -4.26. The van der Waals surface area contributed by atoms with Crippen LogP contribution in [0, 0.1) is 5.92 Å². The number of rotatable bonds is 5. The summed E-state index contributed by atoms with van der Waals surface area (Å²) in [5, 5.41) is 13.1. The third-order valence-corrected chi connectivity index (χ3v) is 9.98. The summed E-state index contributed by atoms with van der Waals surface area (Å²) in [5.74, 6) is -0.0423. The van der Waals surface area contributed by atoms with Gasteiger partial charge < -0.3 is 30.2 Å². The summed E-state index contributed by atoms with van der Waals surface area (Å²) >= 11 is 0. The Balaban J connectivity index is 1.30. The fourth-order valence-corrected chi connectivity index (χ4v) is 7.01. The van der Waals surface area contributed by atoms with Gasteiger partial charge in [0.1, 0.15) is 50.0 Å². The first-order valence-corrected chi connectivity index (χ1v) is 18.5. The highest BCUT2D eigenvalue weighted by atomic mass is 32.2. The number of hydrogen-bond donors (Lipinski definition) is 4. The Morgan fingerprint density at radius 3 is 2.33 bits per heavy atom. The number of amides is 3. The number of carbonyl (C=O) groups is 3. The Morgan fingerprint density at radius 2 is 1.60 bits per heavy atom. The van der Waals surface area contributed by atoms with Gasteiger partial charge in [-0.2, -0.15) is 9.82 Å². The molecule has 0 saturated heterocycles. The van der Waals surface area contributed by atoms with E-state index in [9.17, 15) is 22.8 Å². The smallest absolute Gasteiger partial charge is 0.243 e. The summed E-state index contributed by atoms with van der Waals surface area (Å²) in [4.78, 5) is 45.4. The van der Waals surface area contributed by atoms with Crippen LogP contribution in [0.25, 0.3) is 11.4 Å². The van der Waals surface area contributed by atoms with Gasteiger partial charge in [-0.15, -0.1) is 0 Å². The third kappa shape index (κ3) is 8.69. The zero-order valence-electron chi connectivity index (χ0n) is 29.0. The molecule has 0 aliphatic carbocycles. The Morgan fingerprint density at radius 1 is 0.865 bits per heavy atom. The molecular weight excluding hydrogens is 691 g/mol. The first-order valence-electron chi connectivity index (χ1n) is 17.0. The lowest BCUT2D eigenvalue weighted by Crippen LogP contribution is -2.56. The van der Waals surface area contributed by atoms with Crippen LogP contribution in [0.5, 0.6) is 17.2 Å². The maximum atomic E-state index is 14.0. The predicted octanol–water partition coefficient (Wildman–Crippen LogP) is 2.13. The van der Waals surface area contributed by atoms with E-state index in [4.69, 9.17) is 14.2 Å². The normalized spacial score (nSPS) is 20.2. The number of benzene rings is 3. The van der Waals surface area contributed by atoms with Gasteiger partial charge in [-0.05, 0) is 49.1 Å². The van der Waals surface area contributed by atoms with Crippen LogP contribution in [-0.4, -0.2) is 79.4 Å². The molecule has 4 aromatic rings. The quantitative estimate of drug-likeness (QED) is 0.237. The molecule has 0 radical (unpaired) electrons. The lowest BCUT2D eigenvalue weighted by Gasteiger charge is -2.27. The van der Waals surface area contributed by atoms with Crippen LogP contribution in [-0.2, 0) is 37.4 Å². The first-order chi connectivity index (χ1) is 25.0. The fraction of sp³-hybridized carbons (Fsp3) is 0.361. The summed E-state index contributed by atoms with van der Waals surface area (Å²) in [6, 6.07) is 17.2. The molecule has 4 N–H and O–H groups in total. The molecule has 3 aromatic carbocycles. The molecule has 2 bridgehead atoms. The largest absolute Gasteiger partial charge is 0.492 e. The maximum Gasteiger partial charge on any atom is 0.243 e. The number of aromatic nitrogens is 3. The van der Waals surface area contributed by atoms with Crippen LogP contribution in [0.3, 0.4) is 0 Å². The standard InChI is InChI=1S/C36H41N7O8S/c1-22(2)32-36(46)38-23(3)34-40-33(25-7-5-4-6-8-25)41-43(34)21-31(44)37-15-16-49-26-11-9-24(10-12-26)19-28(35(45)39-32)42-52(47,48)27-13-14-29-30(20-27)51-18-17-50-29/h4-14,20,22-23,28,32,42H,15-19,21H2,1-3H3,(H,37,44)(H,38,46)(H,39,45)/t23-,28-,32+/m0/s1. The second-order valence-electron chi connectivity index (χ2n) is 12.8.